The minimum absolute atomic E-state index is 0.116. The first-order valence-corrected chi connectivity index (χ1v) is 7.80. The highest BCUT2D eigenvalue weighted by molar-refractivity contribution is 7.11. The first kappa shape index (κ1) is 13.1. The molecule has 0 aromatic carbocycles. The van der Waals surface area contributed by atoms with Crippen molar-refractivity contribution in [3.8, 4) is 0 Å². The average Bonchev–Trinajstić information content (AvgIpc) is 2.96. The van der Waals surface area contributed by atoms with E-state index in [-0.39, 0.29) is 6.10 Å². The van der Waals surface area contributed by atoms with Crippen molar-refractivity contribution in [2.75, 3.05) is 0 Å². The third-order valence-electron chi connectivity index (χ3n) is 4.18. The Balaban J connectivity index is 1.86. The molecule has 96 valence electrons. The fourth-order valence-corrected chi connectivity index (χ4v) is 3.94. The molecule has 2 rings (SSSR count). The van der Waals surface area contributed by atoms with Gasteiger partial charge >= 0.3 is 0 Å². The summed E-state index contributed by atoms with van der Waals surface area (Å²) < 4.78 is 0. The van der Waals surface area contributed by atoms with Crippen molar-refractivity contribution in [1.29, 1.82) is 0 Å². The van der Waals surface area contributed by atoms with E-state index in [0.29, 0.717) is 5.92 Å². The van der Waals surface area contributed by atoms with E-state index in [4.69, 9.17) is 0 Å². The van der Waals surface area contributed by atoms with E-state index >= 15 is 0 Å². The van der Waals surface area contributed by atoms with Crippen LogP contribution in [0.4, 0.5) is 0 Å². The summed E-state index contributed by atoms with van der Waals surface area (Å²) in [6, 6.07) is 4.40. The second-order valence-electron chi connectivity index (χ2n) is 5.34. The normalized spacial score (nSPS) is 26.3. The number of rotatable bonds is 5. The Hall–Kier alpha value is -0.340. The summed E-state index contributed by atoms with van der Waals surface area (Å²) in [6.45, 7) is 4.46. The van der Waals surface area contributed by atoms with Gasteiger partial charge in [-0.1, -0.05) is 26.7 Å². The molecule has 1 aromatic rings. The molecular formula is C15H24OS. The van der Waals surface area contributed by atoms with Gasteiger partial charge in [0.05, 0.1) is 6.10 Å². The minimum Gasteiger partial charge on any atom is -0.392 e. The zero-order chi connectivity index (χ0) is 12.3. The lowest BCUT2D eigenvalue weighted by Crippen LogP contribution is -2.20. The summed E-state index contributed by atoms with van der Waals surface area (Å²) in [5, 5.41) is 10.3. The molecule has 0 saturated heterocycles. The van der Waals surface area contributed by atoms with Gasteiger partial charge in [-0.25, -0.2) is 0 Å². The van der Waals surface area contributed by atoms with Crippen LogP contribution in [-0.4, -0.2) is 11.2 Å². The van der Waals surface area contributed by atoms with Crippen molar-refractivity contribution in [2.45, 2.75) is 58.5 Å². The third-order valence-corrected chi connectivity index (χ3v) is 5.43. The lowest BCUT2D eigenvalue weighted by molar-refractivity contribution is 0.109. The van der Waals surface area contributed by atoms with Crippen LogP contribution in [0, 0.1) is 11.8 Å². The zero-order valence-corrected chi connectivity index (χ0v) is 11.8. The first-order valence-electron chi connectivity index (χ1n) is 6.98. The molecule has 0 radical (unpaired) electrons. The van der Waals surface area contributed by atoms with E-state index in [1.54, 1.807) is 0 Å². The molecule has 0 spiro atoms. The molecular weight excluding hydrogens is 228 g/mol. The highest BCUT2D eigenvalue weighted by Crippen LogP contribution is 2.36. The van der Waals surface area contributed by atoms with Crippen LogP contribution in [0.2, 0.25) is 0 Å². The highest BCUT2D eigenvalue weighted by atomic mass is 32.1. The second kappa shape index (κ2) is 6.01. The summed E-state index contributed by atoms with van der Waals surface area (Å²) in [6.07, 6.45) is 6.93. The van der Waals surface area contributed by atoms with Gasteiger partial charge in [0.2, 0.25) is 0 Å². The largest absolute Gasteiger partial charge is 0.392 e. The average molecular weight is 252 g/mol. The molecule has 1 aromatic heterocycles. The standard InChI is InChI=1S/C15H24OS/c1-3-11-5-6-12(9-11)15(16)10-14-8-7-13(4-2)17-14/h7-8,11-12,15-16H,3-6,9-10H2,1-2H3. The van der Waals surface area contributed by atoms with Crippen LogP contribution in [0.5, 0.6) is 0 Å². The van der Waals surface area contributed by atoms with Crippen molar-refractivity contribution < 1.29 is 5.11 Å². The molecule has 2 heteroatoms. The van der Waals surface area contributed by atoms with Crippen molar-refractivity contribution in [3.63, 3.8) is 0 Å². The van der Waals surface area contributed by atoms with Gasteiger partial charge < -0.3 is 5.11 Å². The van der Waals surface area contributed by atoms with E-state index in [1.165, 1.54) is 35.4 Å². The van der Waals surface area contributed by atoms with Gasteiger partial charge in [0.25, 0.3) is 0 Å². The second-order valence-corrected chi connectivity index (χ2v) is 6.59. The summed E-state index contributed by atoms with van der Waals surface area (Å²) in [7, 11) is 0. The molecule has 1 fully saturated rings. The molecule has 3 atom stereocenters. The van der Waals surface area contributed by atoms with Crippen LogP contribution in [0.3, 0.4) is 0 Å². The quantitative estimate of drug-likeness (QED) is 0.838. The number of aryl methyl sites for hydroxylation is 1. The summed E-state index contributed by atoms with van der Waals surface area (Å²) in [5.41, 5.74) is 0. The molecule has 0 bridgehead atoms. The van der Waals surface area contributed by atoms with Gasteiger partial charge in [-0.3, -0.25) is 0 Å². The SMILES string of the molecule is CCc1ccc(CC(O)C2CCC(CC)C2)s1. The fraction of sp³-hybridized carbons (Fsp3) is 0.733. The molecule has 1 nitrogen and oxygen atoms in total. The maximum absolute atomic E-state index is 10.3. The Morgan fingerprint density at radius 1 is 1.29 bits per heavy atom. The predicted octanol–water partition coefficient (Wildman–Crippen LogP) is 4.04. The highest BCUT2D eigenvalue weighted by Gasteiger charge is 2.29. The molecule has 1 N–H and O–H groups in total. The lowest BCUT2D eigenvalue weighted by atomic mass is 9.95. The number of aliphatic hydroxyl groups excluding tert-OH is 1. The molecule has 17 heavy (non-hydrogen) atoms. The van der Waals surface area contributed by atoms with Gasteiger partial charge in [-0.05, 0) is 43.2 Å². The zero-order valence-electron chi connectivity index (χ0n) is 11.0. The lowest BCUT2D eigenvalue weighted by Gasteiger charge is -2.17. The first-order chi connectivity index (χ1) is 8.22. The summed E-state index contributed by atoms with van der Waals surface area (Å²) in [5.74, 6) is 1.41. The predicted molar refractivity (Wildman–Crippen MR) is 74.5 cm³/mol. The van der Waals surface area contributed by atoms with Crippen LogP contribution in [0.25, 0.3) is 0 Å². The molecule has 0 amide bonds. The monoisotopic (exact) mass is 252 g/mol. The molecule has 1 aliphatic carbocycles. The number of thiophene rings is 1. The Bertz CT molecular complexity index is 344. The molecule has 1 aliphatic rings. The van der Waals surface area contributed by atoms with Crippen LogP contribution < -0.4 is 0 Å². The van der Waals surface area contributed by atoms with Gasteiger partial charge in [0.15, 0.2) is 0 Å². The number of hydrogen-bond donors (Lipinski definition) is 1. The van der Waals surface area contributed by atoms with E-state index in [2.05, 4.69) is 26.0 Å². The van der Waals surface area contributed by atoms with Crippen LogP contribution in [0.1, 0.15) is 49.3 Å². The fourth-order valence-electron chi connectivity index (χ4n) is 2.93. The number of aliphatic hydroxyl groups is 1. The molecule has 1 saturated carbocycles. The van der Waals surface area contributed by atoms with Crippen molar-refractivity contribution in [2.24, 2.45) is 11.8 Å². The maximum atomic E-state index is 10.3. The van der Waals surface area contributed by atoms with Crippen molar-refractivity contribution in [3.05, 3.63) is 21.9 Å². The van der Waals surface area contributed by atoms with E-state index < -0.39 is 0 Å². The Morgan fingerprint density at radius 2 is 2.06 bits per heavy atom. The molecule has 1 heterocycles. The van der Waals surface area contributed by atoms with E-state index in [1.807, 2.05) is 11.3 Å². The van der Waals surface area contributed by atoms with Gasteiger partial charge in [-0.15, -0.1) is 11.3 Å². The topological polar surface area (TPSA) is 20.2 Å². The van der Waals surface area contributed by atoms with Crippen LogP contribution >= 0.6 is 11.3 Å². The Morgan fingerprint density at radius 3 is 2.65 bits per heavy atom. The molecule has 3 unspecified atom stereocenters. The smallest absolute Gasteiger partial charge is 0.0616 e. The Kier molecular flexibility index (Phi) is 4.63. The van der Waals surface area contributed by atoms with Gasteiger partial charge in [-0.2, -0.15) is 0 Å². The van der Waals surface area contributed by atoms with E-state index in [9.17, 15) is 5.11 Å². The molecule has 0 aliphatic heterocycles. The summed E-state index contributed by atoms with van der Waals surface area (Å²) in [4.78, 5) is 2.79. The number of hydrogen-bond acceptors (Lipinski definition) is 2. The third kappa shape index (κ3) is 3.32. The van der Waals surface area contributed by atoms with Crippen LogP contribution in [-0.2, 0) is 12.8 Å². The Labute approximate surface area is 109 Å². The van der Waals surface area contributed by atoms with Crippen molar-refractivity contribution >= 4 is 11.3 Å². The summed E-state index contributed by atoms with van der Waals surface area (Å²) >= 11 is 1.87. The minimum atomic E-state index is -0.116. The van der Waals surface area contributed by atoms with E-state index in [0.717, 1.165) is 18.8 Å². The van der Waals surface area contributed by atoms with Gasteiger partial charge in [0, 0.05) is 16.2 Å². The van der Waals surface area contributed by atoms with Crippen LogP contribution in [0.15, 0.2) is 12.1 Å². The van der Waals surface area contributed by atoms with Gasteiger partial charge in [0.1, 0.15) is 0 Å². The van der Waals surface area contributed by atoms with Crippen molar-refractivity contribution in [1.82, 2.24) is 0 Å². The maximum Gasteiger partial charge on any atom is 0.0616 e.